The van der Waals surface area contributed by atoms with Crippen molar-refractivity contribution in [2.45, 2.75) is 38.5 Å². The molecule has 0 atom stereocenters. The van der Waals surface area contributed by atoms with Crippen molar-refractivity contribution in [3.8, 4) is 11.5 Å². The number of carboxylic acid groups (broad SMARTS) is 1. The molecule has 114 valence electrons. The first-order valence-corrected chi connectivity index (χ1v) is 7.92. The maximum absolute atomic E-state index is 11.1. The smallest absolute Gasteiger partial charge is 0.304 e. The molecule has 0 radical (unpaired) electrons. The number of aliphatic carboxylic acids is 1. The van der Waals surface area contributed by atoms with Crippen molar-refractivity contribution >= 4 is 21.9 Å². The normalized spacial score (nSPS) is 19.2. The van der Waals surface area contributed by atoms with Crippen LogP contribution in [0.4, 0.5) is 0 Å². The van der Waals surface area contributed by atoms with Crippen LogP contribution in [0.5, 0.6) is 11.5 Å². The van der Waals surface area contributed by atoms with Crippen LogP contribution in [0.2, 0.25) is 0 Å². The lowest BCUT2D eigenvalue weighted by molar-refractivity contribution is -0.138. The highest BCUT2D eigenvalue weighted by molar-refractivity contribution is 9.10. The van der Waals surface area contributed by atoms with Gasteiger partial charge in [0.15, 0.2) is 11.5 Å². The van der Waals surface area contributed by atoms with Crippen molar-refractivity contribution < 1.29 is 19.4 Å². The van der Waals surface area contributed by atoms with E-state index in [1.165, 1.54) is 0 Å². The molecule has 0 saturated heterocycles. The summed E-state index contributed by atoms with van der Waals surface area (Å²) in [6.07, 6.45) is 2.37. The van der Waals surface area contributed by atoms with Gasteiger partial charge in [-0.15, -0.1) is 0 Å². The summed E-state index contributed by atoms with van der Waals surface area (Å²) in [5.74, 6) is 0.645. The van der Waals surface area contributed by atoms with Gasteiger partial charge in [0, 0.05) is 15.3 Å². The van der Waals surface area contributed by atoms with Gasteiger partial charge in [-0.2, -0.15) is 0 Å². The summed E-state index contributed by atoms with van der Waals surface area (Å²) in [6, 6.07) is 3.82. The third-order valence-corrected chi connectivity index (χ3v) is 5.04. The minimum Gasteiger partial charge on any atom is -0.489 e. The summed E-state index contributed by atoms with van der Waals surface area (Å²) >= 11 is 3.54. The summed E-state index contributed by atoms with van der Waals surface area (Å²) in [5.41, 5.74) is 0.647. The van der Waals surface area contributed by atoms with Crippen LogP contribution < -0.4 is 9.47 Å². The second kappa shape index (κ2) is 4.90. The molecule has 0 unspecified atom stereocenters. The molecular weight excluding hydrogens is 336 g/mol. The first kappa shape index (κ1) is 14.7. The molecule has 0 aromatic heterocycles. The van der Waals surface area contributed by atoms with E-state index in [2.05, 4.69) is 15.9 Å². The monoisotopic (exact) mass is 354 g/mol. The molecule has 1 aliphatic carbocycles. The van der Waals surface area contributed by atoms with Crippen molar-refractivity contribution in [2.75, 3.05) is 13.2 Å². The molecule has 1 heterocycles. The summed E-state index contributed by atoms with van der Waals surface area (Å²) in [4.78, 5) is 11.1. The number of halogens is 1. The average Bonchev–Trinajstić information content (AvgIpc) is 3.15. The Morgan fingerprint density at radius 1 is 1.29 bits per heavy atom. The molecule has 1 aliphatic heterocycles. The van der Waals surface area contributed by atoms with Gasteiger partial charge in [-0.3, -0.25) is 4.79 Å². The third-order valence-electron chi connectivity index (χ3n) is 4.38. The molecular formula is C16H19BrO4. The van der Waals surface area contributed by atoms with Gasteiger partial charge >= 0.3 is 5.97 Å². The number of rotatable bonds is 3. The Morgan fingerprint density at radius 3 is 2.38 bits per heavy atom. The SMILES string of the molecule is CC(C)(CC(=O)O)c1cc2c(cc1Br)OCC1(CC1)CO2. The predicted octanol–water partition coefficient (Wildman–Crippen LogP) is 3.75. The van der Waals surface area contributed by atoms with E-state index in [1.807, 2.05) is 26.0 Å². The zero-order valence-corrected chi connectivity index (χ0v) is 13.8. The molecule has 4 nitrogen and oxygen atoms in total. The number of hydrogen-bond acceptors (Lipinski definition) is 3. The summed E-state index contributed by atoms with van der Waals surface area (Å²) in [6.45, 7) is 5.23. The molecule has 1 aromatic rings. The van der Waals surface area contributed by atoms with Gasteiger partial charge in [0.25, 0.3) is 0 Å². The van der Waals surface area contributed by atoms with Crippen LogP contribution >= 0.6 is 15.9 Å². The predicted molar refractivity (Wildman–Crippen MR) is 82.1 cm³/mol. The lowest BCUT2D eigenvalue weighted by Gasteiger charge is -2.25. The minimum atomic E-state index is -0.809. The van der Waals surface area contributed by atoms with Crippen LogP contribution in [0.1, 0.15) is 38.7 Å². The van der Waals surface area contributed by atoms with Crippen molar-refractivity contribution in [2.24, 2.45) is 5.41 Å². The fourth-order valence-electron chi connectivity index (χ4n) is 2.72. The van der Waals surface area contributed by atoms with Crippen molar-refractivity contribution in [3.63, 3.8) is 0 Å². The fourth-order valence-corrected chi connectivity index (χ4v) is 3.58. The lowest BCUT2D eigenvalue weighted by atomic mass is 9.81. The molecule has 5 heteroatoms. The zero-order chi connectivity index (χ0) is 15.3. The first-order chi connectivity index (χ1) is 9.81. The van der Waals surface area contributed by atoms with Gasteiger partial charge in [0.1, 0.15) is 0 Å². The molecule has 1 fully saturated rings. The molecule has 0 bridgehead atoms. The molecule has 21 heavy (non-hydrogen) atoms. The van der Waals surface area contributed by atoms with Gasteiger partial charge < -0.3 is 14.6 Å². The summed E-state index contributed by atoms with van der Waals surface area (Å²) in [7, 11) is 0. The Balaban J connectivity index is 1.94. The van der Waals surface area contributed by atoms with E-state index >= 15 is 0 Å². The van der Waals surface area contributed by atoms with Gasteiger partial charge in [0.2, 0.25) is 0 Å². The Kier molecular flexibility index (Phi) is 3.43. The zero-order valence-electron chi connectivity index (χ0n) is 12.2. The Labute approximate surface area is 132 Å². The van der Waals surface area contributed by atoms with E-state index in [0.717, 1.165) is 34.4 Å². The quantitative estimate of drug-likeness (QED) is 0.897. The molecule has 1 saturated carbocycles. The van der Waals surface area contributed by atoms with Crippen LogP contribution in [0, 0.1) is 5.41 Å². The fraction of sp³-hybridized carbons (Fsp3) is 0.562. The van der Waals surface area contributed by atoms with E-state index < -0.39 is 11.4 Å². The van der Waals surface area contributed by atoms with Crippen molar-refractivity contribution in [1.82, 2.24) is 0 Å². The average molecular weight is 355 g/mol. The van der Waals surface area contributed by atoms with Crippen LogP contribution in [0.15, 0.2) is 16.6 Å². The van der Waals surface area contributed by atoms with Crippen LogP contribution in [-0.4, -0.2) is 24.3 Å². The molecule has 2 aliphatic rings. The first-order valence-electron chi connectivity index (χ1n) is 7.13. The number of ether oxygens (including phenoxy) is 2. The molecule has 1 spiro atoms. The van der Waals surface area contributed by atoms with E-state index in [-0.39, 0.29) is 11.8 Å². The van der Waals surface area contributed by atoms with Crippen LogP contribution in [0.25, 0.3) is 0 Å². The van der Waals surface area contributed by atoms with Crippen molar-refractivity contribution in [3.05, 3.63) is 22.2 Å². The number of fused-ring (bicyclic) bond motifs is 1. The number of hydrogen-bond donors (Lipinski definition) is 1. The van der Waals surface area contributed by atoms with Gasteiger partial charge in [0.05, 0.1) is 19.6 Å². The van der Waals surface area contributed by atoms with Gasteiger partial charge in [-0.25, -0.2) is 0 Å². The third kappa shape index (κ3) is 2.89. The summed E-state index contributed by atoms with van der Waals surface area (Å²) in [5, 5.41) is 9.09. The molecule has 1 N–H and O–H groups in total. The maximum Gasteiger partial charge on any atom is 0.304 e. The van der Waals surface area contributed by atoms with Gasteiger partial charge in [-0.05, 0) is 30.5 Å². The van der Waals surface area contributed by atoms with E-state index in [1.54, 1.807) is 0 Å². The largest absolute Gasteiger partial charge is 0.489 e. The number of carbonyl (C=O) groups is 1. The second-order valence-electron chi connectivity index (χ2n) is 6.81. The highest BCUT2D eigenvalue weighted by atomic mass is 79.9. The van der Waals surface area contributed by atoms with Gasteiger partial charge in [-0.1, -0.05) is 29.8 Å². The van der Waals surface area contributed by atoms with Crippen LogP contribution in [-0.2, 0) is 10.2 Å². The summed E-state index contributed by atoms with van der Waals surface area (Å²) < 4.78 is 12.7. The maximum atomic E-state index is 11.1. The lowest BCUT2D eigenvalue weighted by Crippen LogP contribution is -2.22. The minimum absolute atomic E-state index is 0.0647. The number of benzene rings is 1. The molecule has 0 amide bonds. The Hall–Kier alpha value is -1.23. The van der Waals surface area contributed by atoms with E-state index in [9.17, 15) is 4.79 Å². The van der Waals surface area contributed by atoms with E-state index in [0.29, 0.717) is 13.2 Å². The topological polar surface area (TPSA) is 55.8 Å². The highest BCUT2D eigenvalue weighted by Crippen LogP contribution is 2.50. The standard InChI is InChI=1S/C16H19BrO4/c1-15(2,7-14(18)19)10-5-12-13(6-11(10)17)21-9-16(3-4-16)8-20-12/h5-6H,3-4,7-9H2,1-2H3,(H,18,19). The number of carboxylic acids is 1. The highest BCUT2D eigenvalue weighted by Gasteiger charge is 2.46. The Bertz CT molecular complexity index is 590. The molecule has 1 aromatic carbocycles. The van der Waals surface area contributed by atoms with E-state index in [4.69, 9.17) is 14.6 Å². The molecule has 3 rings (SSSR count). The van der Waals surface area contributed by atoms with Crippen LogP contribution in [0.3, 0.4) is 0 Å². The second-order valence-corrected chi connectivity index (χ2v) is 7.66. The Morgan fingerprint density at radius 2 is 1.86 bits per heavy atom. The van der Waals surface area contributed by atoms with Crippen molar-refractivity contribution in [1.29, 1.82) is 0 Å².